The van der Waals surface area contributed by atoms with E-state index in [4.69, 9.17) is 51.1 Å². The van der Waals surface area contributed by atoms with Crippen LogP contribution in [0.4, 0.5) is 0 Å². The van der Waals surface area contributed by atoms with Crippen molar-refractivity contribution < 1.29 is 94.2 Å². The summed E-state index contributed by atoms with van der Waals surface area (Å²) in [7, 11) is 0. The Bertz CT molecular complexity index is 1020. The third kappa shape index (κ3) is 7.19. The average molecular weight is 534 g/mol. The molecule has 0 fully saturated rings. The summed E-state index contributed by atoms with van der Waals surface area (Å²) in [4.78, 5) is 97.8. The van der Waals surface area contributed by atoms with E-state index >= 15 is 0 Å². The molecule has 19 nitrogen and oxygen atoms in total. The maximum atomic E-state index is 11.2. The number of rotatable bonds is 11. The van der Waals surface area contributed by atoms with Crippen LogP contribution < -0.4 is 0 Å². The molecular weight excluding hydrogens is 520 g/mol. The van der Waals surface area contributed by atoms with E-state index in [1.165, 1.54) is 0 Å². The maximum absolute atomic E-state index is 11.2. The van der Waals surface area contributed by atoms with E-state index in [1.54, 1.807) is 0 Å². The van der Waals surface area contributed by atoms with Gasteiger partial charge in [0.05, 0.1) is 46.2 Å². The molecule has 0 aliphatic carbocycles. The molecular formula is C18H14O19. The summed E-state index contributed by atoms with van der Waals surface area (Å²) in [6, 6.07) is 0. The summed E-state index contributed by atoms with van der Waals surface area (Å²) < 4.78 is 0. The quantitative estimate of drug-likeness (QED) is 0.156. The zero-order valence-corrected chi connectivity index (χ0v) is 17.6. The highest BCUT2D eigenvalue weighted by Gasteiger charge is 2.41. The van der Waals surface area contributed by atoms with Crippen molar-refractivity contribution in [1.29, 1.82) is 0 Å². The first-order valence-corrected chi connectivity index (χ1v) is 8.74. The highest BCUT2D eigenvalue weighted by Crippen LogP contribution is 2.30. The number of carbonyl (C=O) groups is 9. The van der Waals surface area contributed by atoms with Gasteiger partial charge in [0.1, 0.15) is 0 Å². The fraction of sp³-hybridized carbons (Fsp3) is 0.167. The van der Waals surface area contributed by atoms with Crippen molar-refractivity contribution in [3.05, 3.63) is 33.4 Å². The van der Waals surface area contributed by atoms with E-state index in [0.29, 0.717) is 0 Å². The maximum Gasteiger partial charge on any atom is 0.337 e. The van der Waals surface area contributed by atoms with Crippen molar-refractivity contribution in [2.45, 2.75) is 18.4 Å². The summed E-state index contributed by atoms with van der Waals surface area (Å²) in [6.45, 7) is 0. The van der Waals surface area contributed by atoms with Crippen LogP contribution in [0, 0.1) is 0 Å². The highest BCUT2D eigenvalue weighted by molar-refractivity contribution is 6.22. The lowest BCUT2D eigenvalue weighted by molar-refractivity contribution is -0.170. The van der Waals surface area contributed by atoms with Crippen LogP contribution >= 0.6 is 0 Å². The van der Waals surface area contributed by atoms with Crippen molar-refractivity contribution in [2.75, 3.05) is 0 Å². The number of carboxylic acids is 9. The minimum absolute atomic E-state index is 1.14. The summed E-state index contributed by atoms with van der Waals surface area (Å²) in [5, 5.41) is 88.0. The van der Waals surface area contributed by atoms with Gasteiger partial charge in [0, 0.05) is 0 Å². The van der Waals surface area contributed by atoms with Crippen LogP contribution in [0.15, 0.2) is 0 Å². The predicted molar refractivity (Wildman–Crippen MR) is 105 cm³/mol. The SMILES string of the molecule is O=C(O)CC(O)(CC(=O)O)C(=O)O.O=C(O)c1c(C(=O)O)c(C(=O)O)c(C(=O)O)c(C(=O)O)c1C(=O)O. The van der Waals surface area contributed by atoms with Gasteiger partial charge in [-0.3, -0.25) is 9.59 Å². The Kier molecular flexibility index (Phi) is 9.93. The normalized spacial score (nSPS) is 10.3. The third-order valence-electron chi connectivity index (χ3n) is 4.07. The van der Waals surface area contributed by atoms with Crippen molar-refractivity contribution >= 4 is 53.7 Å². The molecule has 0 aliphatic rings. The number of hydrogen-bond acceptors (Lipinski definition) is 10. The summed E-state index contributed by atoms with van der Waals surface area (Å²) in [5.41, 5.74) is -12.7. The minimum Gasteiger partial charge on any atom is -0.481 e. The van der Waals surface area contributed by atoms with Crippen LogP contribution in [-0.2, 0) is 14.4 Å². The van der Waals surface area contributed by atoms with Gasteiger partial charge in [-0.2, -0.15) is 0 Å². The second kappa shape index (κ2) is 11.7. The summed E-state index contributed by atoms with van der Waals surface area (Å²) >= 11 is 0. The van der Waals surface area contributed by atoms with E-state index in [2.05, 4.69) is 0 Å². The van der Waals surface area contributed by atoms with Crippen LogP contribution in [0.2, 0.25) is 0 Å². The molecule has 200 valence electrons. The van der Waals surface area contributed by atoms with Crippen LogP contribution in [0.5, 0.6) is 0 Å². The van der Waals surface area contributed by atoms with Crippen molar-refractivity contribution in [3.8, 4) is 0 Å². The molecule has 0 aliphatic heterocycles. The molecule has 19 heteroatoms. The molecule has 0 aromatic heterocycles. The van der Waals surface area contributed by atoms with Gasteiger partial charge < -0.3 is 51.1 Å². The lowest BCUT2D eigenvalue weighted by atomic mass is 9.86. The molecule has 0 atom stereocenters. The molecule has 0 spiro atoms. The Morgan fingerprint density at radius 1 is 0.405 bits per heavy atom. The molecule has 0 saturated carbocycles. The lowest BCUT2D eigenvalue weighted by Crippen LogP contribution is -2.42. The number of aliphatic hydroxyl groups is 1. The van der Waals surface area contributed by atoms with Crippen molar-refractivity contribution in [2.24, 2.45) is 0 Å². The second-order valence-corrected chi connectivity index (χ2v) is 6.56. The smallest absolute Gasteiger partial charge is 0.337 e. The molecule has 1 rings (SSSR count). The molecule has 10 N–H and O–H groups in total. The van der Waals surface area contributed by atoms with E-state index < -0.39 is 106 Å². The number of aliphatic carboxylic acids is 3. The lowest BCUT2D eigenvalue weighted by Gasteiger charge is -2.18. The van der Waals surface area contributed by atoms with Crippen LogP contribution in [0.1, 0.15) is 75.0 Å². The molecule has 0 saturated heterocycles. The number of benzene rings is 1. The fourth-order valence-electron chi connectivity index (χ4n) is 2.75. The first-order valence-electron chi connectivity index (χ1n) is 8.74. The van der Waals surface area contributed by atoms with Gasteiger partial charge in [0.15, 0.2) is 5.60 Å². The van der Waals surface area contributed by atoms with Gasteiger partial charge in [-0.1, -0.05) is 0 Å². The second-order valence-electron chi connectivity index (χ2n) is 6.56. The summed E-state index contributed by atoms with van der Waals surface area (Å²) in [6.07, 6.45) is -2.29. The largest absolute Gasteiger partial charge is 0.481 e. The Morgan fingerprint density at radius 2 is 0.568 bits per heavy atom. The number of carboxylic acid groups (broad SMARTS) is 9. The first-order chi connectivity index (χ1) is 16.7. The molecule has 1 aromatic carbocycles. The summed E-state index contributed by atoms with van der Waals surface area (Å²) in [5.74, 6) is -18.6. The average Bonchev–Trinajstić information content (AvgIpc) is 2.69. The monoisotopic (exact) mass is 534 g/mol. The Morgan fingerprint density at radius 3 is 0.649 bits per heavy atom. The van der Waals surface area contributed by atoms with Crippen molar-refractivity contribution in [3.63, 3.8) is 0 Å². The molecule has 0 heterocycles. The van der Waals surface area contributed by atoms with Gasteiger partial charge in [-0.15, -0.1) is 0 Å². The van der Waals surface area contributed by atoms with E-state index in [1.807, 2.05) is 0 Å². The van der Waals surface area contributed by atoms with Gasteiger partial charge in [0.25, 0.3) is 0 Å². The van der Waals surface area contributed by atoms with E-state index in [0.717, 1.165) is 0 Å². The van der Waals surface area contributed by atoms with E-state index in [9.17, 15) is 43.2 Å². The Hall–Kier alpha value is -5.59. The molecule has 0 radical (unpaired) electrons. The minimum atomic E-state index is -2.74. The van der Waals surface area contributed by atoms with Crippen LogP contribution in [0.3, 0.4) is 0 Å². The first kappa shape index (κ1) is 31.4. The zero-order valence-electron chi connectivity index (χ0n) is 17.6. The topological polar surface area (TPSA) is 356 Å². The van der Waals surface area contributed by atoms with Gasteiger partial charge in [0.2, 0.25) is 0 Å². The molecule has 0 unspecified atom stereocenters. The van der Waals surface area contributed by atoms with Crippen LogP contribution in [-0.4, -0.2) is 110 Å². The third-order valence-corrected chi connectivity index (χ3v) is 4.07. The molecule has 37 heavy (non-hydrogen) atoms. The Balaban J connectivity index is 0.000000845. The standard InChI is InChI=1S/C12H6O12.C6H8O7/c13-7(14)1-2(8(15)16)4(10(19)20)6(12(23)24)5(11(21)22)3(1)9(17)18;7-3(8)1-6(13,5(11)12)2-4(9)10/h(H,13,14)(H,15,16)(H,17,18)(H,19,20)(H,21,22)(H,23,24);13H,1-2H2,(H,7,8)(H,9,10)(H,11,12). The zero-order chi connectivity index (χ0) is 29.6. The molecule has 0 amide bonds. The number of hydrogen-bond donors (Lipinski definition) is 10. The molecule has 1 aromatic rings. The van der Waals surface area contributed by atoms with E-state index in [-0.39, 0.29) is 0 Å². The van der Waals surface area contributed by atoms with Gasteiger partial charge >= 0.3 is 53.7 Å². The predicted octanol–water partition coefficient (Wildman–Crippen LogP) is -1.37. The van der Waals surface area contributed by atoms with Gasteiger partial charge in [-0.05, 0) is 0 Å². The van der Waals surface area contributed by atoms with Gasteiger partial charge in [-0.25, -0.2) is 33.6 Å². The fourth-order valence-corrected chi connectivity index (χ4v) is 2.75. The Labute approximate surface area is 200 Å². The number of aromatic carboxylic acids is 6. The van der Waals surface area contributed by atoms with Crippen molar-refractivity contribution in [1.82, 2.24) is 0 Å². The highest BCUT2D eigenvalue weighted by atomic mass is 16.4. The van der Waals surface area contributed by atoms with Crippen LogP contribution in [0.25, 0.3) is 0 Å². The molecule has 0 bridgehead atoms.